The molecular formula is C15H19N5O2. The number of anilines is 2. The van der Waals surface area contributed by atoms with Crippen molar-refractivity contribution in [2.24, 2.45) is 0 Å². The van der Waals surface area contributed by atoms with E-state index >= 15 is 0 Å². The Morgan fingerprint density at radius 3 is 3.14 bits per heavy atom. The fourth-order valence-electron chi connectivity index (χ4n) is 2.59. The third-order valence-electron chi connectivity index (χ3n) is 3.69. The second-order valence-corrected chi connectivity index (χ2v) is 5.23. The van der Waals surface area contributed by atoms with Crippen molar-refractivity contribution in [2.45, 2.75) is 18.9 Å². The maximum Gasteiger partial charge on any atom is 0.289 e. The maximum absolute atomic E-state index is 12.3. The average molecular weight is 301 g/mol. The van der Waals surface area contributed by atoms with Gasteiger partial charge in [-0.3, -0.25) is 4.79 Å². The van der Waals surface area contributed by atoms with Crippen molar-refractivity contribution in [3.05, 3.63) is 36.4 Å². The van der Waals surface area contributed by atoms with E-state index in [4.69, 9.17) is 4.42 Å². The fraction of sp³-hybridized carbons (Fsp3) is 0.400. The molecule has 0 bridgehead atoms. The van der Waals surface area contributed by atoms with Crippen LogP contribution in [0, 0.1) is 0 Å². The van der Waals surface area contributed by atoms with Gasteiger partial charge in [0.15, 0.2) is 5.76 Å². The molecule has 0 spiro atoms. The zero-order valence-corrected chi connectivity index (χ0v) is 12.5. The SMILES string of the molecule is CNc1ccnc(NC2CCCN(C(=O)c3ccco3)C2)n1. The third-order valence-corrected chi connectivity index (χ3v) is 3.69. The lowest BCUT2D eigenvalue weighted by Gasteiger charge is -2.32. The maximum atomic E-state index is 12.3. The van der Waals surface area contributed by atoms with Gasteiger partial charge < -0.3 is 20.0 Å². The topological polar surface area (TPSA) is 83.3 Å². The minimum absolute atomic E-state index is 0.0682. The van der Waals surface area contributed by atoms with E-state index in [9.17, 15) is 4.79 Å². The summed E-state index contributed by atoms with van der Waals surface area (Å²) in [5.41, 5.74) is 0. The molecule has 0 aromatic carbocycles. The van der Waals surface area contributed by atoms with E-state index < -0.39 is 0 Å². The number of piperidine rings is 1. The molecule has 22 heavy (non-hydrogen) atoms. The summed E-state index contributed by atoms with van der Waals surface area (Å²) in [5.74, 6) is 1.65. The van der Waals surface area contributed by atoms with E-state index in [2.05, 4.69) is 20.6 Å². The Kier molecular flexibility index (Phi) is 4.22. The number of rotatable bonds is 4. The second-order valence-electron chi connectivity index (χ2n) is 5.23. The number of furan rings is 1. The predicted octanol–water partition coefficient (Wildman–Crippen LogP) is 1.83. The minimum atomic E-state index is -0.0682. The lowest BCUT2D eigenvalue weighted by molar-refractivity contribution is 0.0682. The molecule has 2 aromatic rings. The van der Waals surface area contributed by atoms with E-state index in [1.807, 2.05) is 11.9 Å². The first kappa shape index (κ1) is 14.4. The summed E-state index contributed by atoms with van der Waals surface area (Å²) < 4.78 is 5.19. The molecule has 7 heteroatoms. The quantitative estimate of drug-likeness (QED) is 0.896. The van der Waals surface area contributed by atoms with E-state index in [1.165, 1.54) is 6.26 Å². The molecule has 2 N–H and O–H groups in total. The fourth-order valence-corrected chi connectivity index (χ4v) is 2.59. The van der Waals surface area contributed by atoms with E-state index in [0.29, 0.717) is 18.3 Å². The summed E-state index contributed by atoms with van der Waals surface area (Å²) in [5, 5.41) is 6.28. The highest BCUT2D eigenvalue weighted by atomic mass is 16.3. The Balaban J connectivity index is 1.64. The van der Waals surface area contributed by atoms with Crippen LogP contribution in [-0.4, -0.2) is 47.0 Å². The van der Waals surface area contributed by atoms with Crippen LogP contribution in [0.5, 0.6) is 0 Å². The first-order chi connectivity index (χ1) is 10.8. The van der Waals surface area contributed by atoms with Crippen LogP contribution in [0.1, 0.15) is 23.4 Å². The van der Waals surface area contributed by atoms with Gasteiger partial charge in [-0.25, -0.2) is 4.98 Å². The van der Waals surface area contributed by atoms with Crippen LogP contribution in [0.15, 0.2) is 35.1 Å². The highest BCUT2D eigenvalue weighted by Gasteiger charge is 2.26. The van der Waals surface area contributed by atoms with Crippen LogP contribution in [0.4, 0.5) is 11.8 Å². The average Bonchev–Trinajstić information content (AvgIpc) is 3.09. The van der Waals surface area contributed by atoms with Crippen molar-refractivity contribution in [1.29, 1.82) is 0 Å². The van der Waals surface area contributed by atoms with Crippen LogP contribution in [0.2, 0.25) is 0 Å². The lowest BCUT2D eigenvalue weighted by Crippen LogP contribution is -2.45. The molecule has 2 aromatic heterocycles. The number of nitrogens with zero attached hydrogens (tertiary/aromatic N) is 3. The van der Waals surface area contributed by atoms with Gasteiger partial charge in [-0.2, -0.15) is 4.98 Å². The smallest absolute Gasteiger partial charge is 0.289 e. The normalized spacial score (nSPS) is 18.0. The van der Waals surface area contributed by atoms with Crippen LogP contribution < -0.4 is 10.6 Å². The zero-order chi connectivity index (χ0) is 15.4. The number of hydrogen-bond donors (Lipinski definition) is 2. The van der Waals surface area contributed by atoms with Gasteiger partial charge in [0, 0.05) is 32.4 Å². The second kappa shape index (κ2) is 6.46. The summed E-state index contributed by atoms with van der Waals surface area (Å²) in [6.45, 7) is 1.36. The van der Waals surface area contributed by atoms with Gasteiger partial charge in [0.25, 0.3) is 5.91 Å². The molecule has 3 rings (SSSR count). The molecule has 1 aliphatic heterocycles. The molecule has 7 nitrogen and oxygen atoms in total. The number of carbonyl (C=O) groups is 1. The molecule has 116 valence electrons. The molecule has 1 amide bonds. The van der Waals surface area contributed by atoms with Crippen molar-refractivity contribution in [2.75, 3.05) is 30.8 Å². The minimum Gasteiger partial charge on any atom is -0.459 e. The summed E-state index contributed by atoms with van der Waals surface area (Å²) in [7, 11) is 1.82. The Morgan fingerprint density at radius 2 is 2.36 bits per heavy atom. The highest BCUT2D eigenvalue weighted by Crippen LogP contribution is 2.17. The van der Waals surface area contributed by atoms with Crippen LogP contribution in [0.25, 0.3) is 0 Å². The molecule has 0 saturated carbocycles. The van der Waals surface area contributed by atoms with Crippen molar-refractivity contribution in [3.63, 3.8) is 0 Å². The number of likely N-dealkylation sites (tertiary alicyclic amines) is 1. The number of hydrogen-bond acceptors (Lipinski definition) is 6. The highest BCUT2D eigenvalue weighted by molar-refractivity contribution is 5.91. The predicted molar refractivity (Wildman–Crippen MR) is 82.8 cm³/mol. The first-order valence-electron chi connectivity index (χ1n) is 7.36. The van der Waals surface area contributed by atoms with Crippen molar-refractivity contribution >= 4 is 17.7 Å². The zero-order valence-electron chi connectivity index (χ0n) is 12.5. The number of amides is 1. The Bertz CT molecular complexity index is 629. The van der Waals surface area contributed by atoms with Crippen LogP contribution in [-0.2, 0) is 0 Å². The van der Waals surface area contributed by atoms with Gasteiger partial charge in [-0.05, 0) is 31.0 Å². The molecular weight excluding hydrogens is 282 g/mol. The molecule has 1 atom stereocenters. The standard InChI is InChI=1S/C15H19N5O2/c1-16-13-6-7-17-15(19-13)18-11-4-2-8-20(10-11)14(21)12-5-3-9-22-12/h3,5-7,9,11H,2,4,8,10H2,1H3,(H2,16,17,18,19). The van der Waals surface area contributed by atoms with E-state index in [0.717, 1.165) is 25.2 Å². The van der Waals surface area contributed by atoms with E-state index in [1.54, 1.807) is 24.4 Å². The van der Waals surface area contributed by atoms with E-state index in [-0.39, 0.29) is 11.9 Å². The van der Waals surface area contributed by atoms with Crippen LogP contribution >= 0.6 is 0 Å². The summed E-state index contributed by atoms with van der Waals surface area (Å²) >= 11 is 0. The molecule has 1 unspecified atom stereocenters. The van der Waals surface area contributed by atoms with Crippen molar-refractivity contribution in [3.8, 4) is 0 Å². The third kappa shape index (κ3) is 3.19. The Morgan fingerprint density at radius 1 is 1.45 bits per heavy atom. The monoisotopic (exact) mass is 301 g/mol. The number of nitrogens with one attached hydrogen (secondary N) is 2. The Labute approximate surface area is 128 Å². The molecule has 1 aliphatic rings. The van der Waals surface area contributed by atoms with Gasteiger partial charge in [0.1, 0.15) is 5.82 Å². The van der Waals surface area contributed by atoms with Crippen molar-refractivity contribution < 1.29 is 9.21 Å². The van der Waals surface area contributed by atoms with Gasteiger partial charge >= 0.3 is 0 Å². The van der Waals surface area contributed by atoms with Gasteiger partial charge in [-0.1, -0.05) is 0 Å². The molecule has 1 saturated heterocycles. The number of carbonyl (C=O) groups excluding carboxylic acids is 1. The summed E-state index contributed by atoms with van der Waals surface area (Å²) in [6.07, 6.45) is 5.14. The van der Waals surface area contributed by atoms with Gasteiger partial charge in [0.05, 0.1) is 6.26 Å². The Hall–Kier alpha value is -2.57. The summed E-state index contributed by atoms with van der Waals surface area (Å²) in [6, 6.07) is 5.36. The molecule has 3 heterocycles. The number of aromatic nitrogens is 2. The lowest BCUT2D eigenvalue weighted by atomic mass is 10.1. The van der Waals surface area contributed by atoms with Crippen molar-refractivity contribution in [1.82, 2.24) is 14.9 Å². The largest absolute Gasteiger partial charge is 0.459 e. The first-order valence-corrected chi connectivity index (χ1v) is 7.36. The van der Waals surface area contributed by atoms with Gasteiger partial charge in [0.2, 0.25) is 5.95 Å². The molecule has 1 fully saturated rings. The van der Waals surface area contributed by atoms with Gasteiger partial charge in [-0.15, -0.1) is 0 Å². The molecule has 0 aliphatic carbocycles. The summed E-state index contributed by atoms with van der Waals surface area (Å²) in [4.78, 5) is 22.7. The molecule has 0 radical (unpaired) electrons. The van der Waals surface area contributed by atoms with Crippen LogP contribution in [0.3, 0.4) is 0 Å².